The third-order valence-electron chi connectivity index (χ3n) is 6.91. The summed E-state index contributed by atoms with van der Waals surface area (Å²) in [6.07, 6.45) is -6.40. The summed E-state index contributed by atoms with van der Waals surface area (Å²) in [5.41, 5.74) is 4.33. The lowest BCUT2D eigenvalue weighted by molar-refractivity contribution is -0.207. The van der Waals surface area contributed by atoms with E-state index in [2.05, 4.69) is 30.8 Å². The minimum atomic E-state index is -5.03. The van der Waals surface area contributed by atoms with Crippen LogP contribution in [0.5, 0.6) is 0 Å². The Bertz CT molecular complexity index is 1850. The molecule has 250 valence electrons. The van der Waals surface area contributed by atoms with E-state index in [-0.39, 0.29) is 47.3 Å². The summed E-state index contributed by atoms with van der Waals surface area (Å²) < 4.78 is 55.8. The van der Waals surface area contributed by atoms with Crippen LogP contribution in [0.15, 0.2) is 47.5 Å². The lowest BCUT2D eigenvalue weighted by atomic mass is 10.1. The smallest absolute Gasteiger partial charge is 0.382 e. The molecular formula is C28H29ClF4N10O4. The molecule has 3 atom stereocenters. The molecule has 3 heterocycles. The van der Waals surface area contributed by atoms with E-state index in [0.717, 1.165) is 9.36 Å². The Morgan fingerprint density at radius 2 is 1.83 bits per heavy atom. The Hall–Kier alpha value is -4.68. The molecule has 1 fully saturated rings. The van der Waals surface area contributed by atoms with Gasteiger partial charge >= 0.3 is 11.9 Å². The number of carbonyl (C=O) groups excluding carboxylic acids is 2. The second-order valence-electron chi connectivity index (χ2n) is 11.6. The maximum atomic E-state index is 13.5. The van der Waals surface area contributed by atoms with Gasteiger partial charge in [0.2, 0.25) is 5.82 Å². The van der Waals surface area contributed by atoms with Gasteiger partial charge in [0.05, 0.1) is 30.0 Å². The van der Waals surface area contributed by atoms with Gasteiger partial charge in [-0.25, -0.2) is 23.5 Å². The number of nitrogens with one attached hydrogen (secondary N) is 2. The number of aliphatic hydroxyl groups excluding tert-OH is 1. The molecule has 14 nitrogen and oxygen atoms in total. The number of rotatable bonds is 11. The number of amides is 2. The summed E-state index contributed by atoms with van der Waals surface area (Å²) in [5.74, 6) is -2.19. The van der Waals surface area contributed by atoms with E-state index in [1.54, 1.807) is 13.8 Å². The SMILES string of the molecule is CC(C)(N)CNC(=O)c1nc(Cn2nc(-c3ccc(Cl)cc3)n(C[C@H](O)C(F)(F)F)c2=O)nn1-c1cnccc1C(=O)N[C@H]1C[C@H]1F. The van der Waals surface area contributed by atoms with Crippen molar-refractivity contribution in [1.82, 2.24) is 44.7 Å². The second-order valence-corrected chi connectivity index (χ2v) is 12.0. The highest BCUT2D eigenvalue weighted by Gasteiger charge is 2.40. The quantitative estimate of drug-likeness (QED) is 0.171. The molecule has 1 aromatic carbocycles. The third-order valence-corrected chi connectivity index (χ3v) is 7.16. The standard InChI is InChI=1S/C28H29ClF4N10O4/c1-27(2,34)13-36-25(46)23-38-21(39-43(23)19-10-35-8-7-16(19)24(45)37-18-9-17(18)30)12-42-26(47)41(11-20(44)28(31,32)33)22(40-42)14-3-5-15(29)6-4-14/h3-8,10,17-18,20,44H,9,11-13,34H2,1-2H3,(H,36,46)(H,37,45)/t17-,18+,20+/m1/s1. The molecule has 0 unspecified atom stereocenters. The number of hydrogen-bond donors (Lipinski definition) is 4. The lowest BCUT2D eigenvalue weighted by Gasteiger charge is -2.18. The summed E-state index contributed by atoms with van der Waals surface area (Å²) in [6.45, 7) is 1.63. The van der Waals surface area contributed by atoms with Crippen LogP contribution in [0.25, 0.3) is 17.1 Å². The largest absolute Gasteiger partial charge is 0.416 e. The molecule has 5 rings (SSSR count). The number of nitrogens with two attached hydrogens (primary N) is 1. The van der Waals surface area contributed by atoms with Crippen LogP contribution in [-0.2, 0) is 13.1 Å². The van der Waals surface area contributed by atoms with E-state index in [1.165, 1.54) is 42.7 Å². The molecule has 2 amide bonds. The third kappa shape index (κ3) is 7.83. The molecule has 5 N–H and O–H groups in total. The molecule has 19 heteroatoms. The first-order chi connectivity index (χ1) is 22.0. The average molecular weight is 681 g/mol. The number of benzene rings is 1. The van der Waals surface area contributed by atoms with Gasteiger partial charge in [-0.2, -0.15) is 13.2 Å². The number of halogens is 5. The van der Waals surface area contributed by atoms with Crippen molar-refractivity contribution in [3.63, 3.8) is 0 Å². The normalized spacial score (nSPS) is 17.0. The van der Waals surface area contributed by atoms with Gasteiger partial charge in [0.1, 0.15) is 12.7 Å². The van der Waals surface area contributed by atoms with E-state index < -0.39 is 60.6 Å². The monoisotopic (exact) mass is 680 g/mol. The van der Waals surface area contributed by atoms with E-state index in [9.17, 15) is 37.1 Å². The summed E-state index contributed by atoms with van der Waals surface area (Å²) >= 11 is 5.94. The zero-order chi connectivity index (χ0) is 34.3. The molecule has 4 aromatic rings. The van der Waals surface area contributed by atoms with Crippen molar-refractivity contribution in [3.8, 4) is 17.1 Å². The van der Waals surface area contributed by atoms with Crippen molar-refractivity contribution in [2.75, 3.05) is 6.54 Å². The van der Waals surface area contributed by atoms with Gasteiger partial charge in [-0.15, -0.1) is 10.2 Å². The van der Waals surface area contributed by atoms with Crippen molar-refractivity contribution in [1.29, 1.82) is 0 Å². The number of aliphatic hydroxyl groups is 1. The van der Waals surface area contributed by atoms with Gasteiger partial charge in [0, 0.05) is 35.3 Å². The van der Waals surface area contributed by atoms with Gasteiger partial charge in [0.25, 0.3) is 11.8 Å². The molecular weight excluding hydrogens is 652 g/mol. The molecule has 0 spiro atoms. The van der Waals surface area contributed by atoms with Gasteiger partial charge in [-0.05, 0) is 44.2 Å². The number of hydrogen-bond acceptors (Lipinski definition) is 9. The highest BCUT2D eigenvalue weighted by atomic mass is 35.5. The number of pyridine rings is 1. The van der Waals surface area contributed by atoms with Crippen LogP contribution in [0.2, 0.25) is 5.02 Å². The first kappa shape index (κ1) is 33.7. The van der Waals surface area contributed by atoms with Crippen LogP contribution in [0.1, 0.15) is 47.1 Å². The summed E-state index contributed by atoms with van der Waals surface area (Å²) in [7, 11) is 0. The van der Waals surface area contributed by atoms with Crippen LogP contribution < -0.4 is 22.1 Å². The maximum Gasteiger partial charge on any atom is 0.416 e. The Morgan fingerprint density at radius 3 is 2.45 bits per heavy atom. The fourth-order valence-corrected chi connectivity index (χ4v) is 4.49. The number of nitrogens with zero attached hydrogens (tertiary/aromatic N) is 7. The molecule has 3 aromatic heterocycles. The topological polar surface area (TPSA) is 188 Å². The maximum absolute atomic E-state index is 13.5. The van der Waals surface area contributed by atoms with E-state index in [1.807, 2.05) is 0 Å². The van der Waals surface area contributed by atoms with Crippen LogP contribution >= 0.6 is 11.6 Å². The molecule has 47 heavy (non-hydrogen) atoms. The van der Waals surface area contributed by atoms with Gasteiger partial charge in [-0.1, -0.05) is 11.6 Å². The van der Waals surface area contributed by atoms with E-state index in [0.29, 0.717) is 9.59 Å². The van der Waals surface area contributed by atoms with Crippen molar-refractivity contribution >= 4 is 23.4 Å². The lowest BCUT2D eigenvalue weighted by Crippen LogP contribution is -2.45. The van der Waals surface area contributed by atoms with Crippen molar-refractivity contribution in [2.24, 2.45) is 5.73 Å². The minimum Gasteiger partial charge on any atom is -0.382 e. The van der Waals surface area contributed by atoms with Crippen molar-refractivity contribution in [2.45, 2.75) is 63.4 Å². The van der Waals surface area contributed by atoms with Crippen LogP contribution in [0, 0.1) is 0 Å². The summed E-state index contributed by atoms with van der Waals surface area (Å²) in [4.78, 5) is 48.0. The molecule has 1 aliphatic rings. The Balaban J connectivity index is 1.56. The fourth-order valence-electron chi connectivity index (χ4n) is 4.36. The average Bonchev–Trinajstić information content (AvgIpc) is 3.39. The Kier molecular flexibility index (Phi) is 9.20. The predicted octanol–water partition coefficient (Wildman–Crippen LogP) is 1.62. The number of carbonyl (C=O) groups is 2. The molecule has 0 bridgehead atoms. The predicted molar refractivity (Wildman–Crippen MR) is 159 cm³/mol. The molecule has 0 aliphatic heterocycles. The second kappa shape index (κ2) is 12.8. The fraction of sp³-hybridized carbons (Fsp3) is 0.393. The Morgan fingerprint density at radius 1 is 1.15 bits per heavy atom. The number of alkyl halides is 4. The highest BCUT2D eigenvalue weighted by Crippen LogP contribution is 2.27. The molecule has 0 saturated heterocycles. The van der Waals surface area contributed by atoms with E-state index >= 15 is 0 Å². The molecule has 1 saturated carbocycles. The van der Waals surface area contributed by atoms with Crippen molar-refractivity contribution in [3.05, 3.63) is 75.4 Å². The minimum absolute atomic E-state index is 0.00380. The summed E-state index contributed by atoms with van der Waals surface area (Å²) in [5, 5.41) is 23.8. The molecule has 0 radical (unpaired) electrons. The zero-order valence-corrected chi connectivity index (χ0v) is 25.6. The van der Waals surface area contributed by atoms with E-state index in [4.69, 9.17) is 17.3 Å². The van der Waals surface area contributed by atoms with Crippen LogP contribution in [0.3, 0.4) is 0 Å². The van der Waals surface area contributed by atoms with Gasteiger partial charge in [-0.3, -0.25) is 19.1 Å². The first-order valence-electron chi connectivity index (χ1n) is 14.1. The zero-order valence-electron chi connectivity index (χ0n) is 24.9. The summed E-state index contributed by atoms with van der Waals surface area (Å²) in [6, 6.07) is 6.42. The molecule has 1 aliphatic carbocycles. The number of aromatic nitrogens is 7. The first-order valence-corrected chi connectivity index (χ1v) is 14.5. The van der Waals surface area contributed by atoms with Crippen molar-refractivity contribution < 1.29 is 32.3 Å². The van der Waals surface area contributed by atoms with Gasteiger partial charge < -0.3 is 21.5 Å². The van der Waals surface area contributed by atoms with Gasteiger partial charge in [0.15, 0.2) is 17.8 Å². The highest BCUT2D eigenvalue weighted by molar-refractivity contribution is 6.30. The Labute approximate surface area is 268 Å². The van der Waals surface area contributed by atoms with Crippen LogP contribution in [-0.4, -0.2) is 87.6 Å². The van der Waals surface area contributed by atoms with Crippen LogP contribution in [0.4, 0.5) is 17.6 Å².